The monoisotopic (exact) mass is 454 g/mol. The molecule has 1 atom stereocenters. The number of carbonyl (C=O) groups is 1. The van der Waals surface area contributed by atoms with E-state index in [4.69, 9.17) is 4.74 Å². The minimum Gasteiger partial charge on any atom is -0.463 e. The molecule has 0 aromatic heterocycles. The molecule has 2 aromatic rings. The van der Waals surface area contributed by atoms with Crippen molar-refractivity contribution < 1.29 is 9.53 Å². The van der Waals surface area contributed by atoms with Crippen molar-refractivity contribution in [2.75, 3.05) is 11.4 Å². The van der Waals surface area contributed by atoms with Crippen LogP contribution >= 0.6 is 15.9 Å². The van der Waals surface area contributed by atoms with E-state index in [0.29, 0.717) is 0 Å². The number of nitrogens with zero attached hydrogens (tertiary/aromatic N) is 1. The van der Waals surface area contributed by atoms with Crippen molar-refractivity contribution in [2.24, 2.45) is 0 Å². The first-order chi connectivity index (χ1) is 13.5. The number of para-hydroxylation sites is 1. The van der Waals surface area contributed by atoms with Crippen LogP contribution in [0.1, 0.15) is 45.7 Å². The van der Waals surface area contributed by atoms with E-state index in [1.165, 1.54) is 5.56 Å². The van der Waals surface area contributed by atoms with Gasteiger partial charge < -0.3 is 15.0 Å². The summed E-state index contributed by atoms with van der Waals surface area (Å²) >= 11 is 3.53. The third kappa shape index (κ3) is 3.25. The van der Waals surface area contributed by atoms with Gasteiger partial charge in [0.1, 0.15) is 12.3 Å². The van der Waals surface area contributed by atoms with Gasteiger partial charge >= 0.3 is 0 Å². The molecule has 1 N–H and O–H groups in total. The zero-order valence-electron chi connectivity index (χ0n) is 17.5. The second-order valence-corrected chi connectivity index (χ2v) is 10.3. The summed E-state index contributed by atoms with van der Waals surface area (Å²) in [6.45, 7) is 10.6. The van der Waals surface area contributed by atoms with Crippen molar-refractivity contribution in [1.82, 2.24) is 5.32 Å². The van der Waals surface area contributed by atoms with E-state index >= 15 is 0 Å². The van der Waals surface area contributed by atoms with Crippen LogP contribution in [0.25, 0.3) is 6.08 Å². The van der Waals surface area contributed by atoms with Gasteiger partial charge in [-0.05, 0) is 76.6 Å². The van der Waals surface area contributed by atoms with Gasteiger partial charge in [-0.2, -0.15) is 0 Å². The van der Waals surface area contributed by atoms with Gasteiger partial charge in [0.25, 0.3) is 0 Å². The van der Waals surface area contributed by atoms with Gasteiger partial charge in [-0.1, -0.05) is 34.1 Å². The molecular weight excluding hydrogens is 428 g/mol. The summed E-state index contributed by atoms with van der Waals surface area (Å²) in [5.41, 5.74) is 1.80. The molecule has 5 heteroatoms. The van der Waals surface area contributed by atoms with E-state index in [0.717, 1.165) is 21.5 Å². The normalized spacial score (nSPS) is 21.5. The van der Waals surface area contributed by atoms with Crippen LogP contribution < -0.4 is 15.0 Å². The first-order valence-electron chi connectivity index (χ1n) is 9.89. The average molecular weight is 455 g/mol. The van der Waals surface area contributed by atoms with Crippen LogP contribution in [-0.2, 0) is 10.2 Å². The first-order valence-corrected chi connectivity index (χ1v) is 10.7. The van der Waals surface area contributed by atoms with Gasteiger partial charge in [-0.3, -0.25) is 4.79 Å². The standard InChI is InChI=1S/C24H27BrN2O2/c1-22(2,3)26-21(28)15-27-19-9-7-6-8-18(19)23(4,5)24(27)13-12-16-14-17(25)10-11-20(16)29-24/h6-14H,15H2,1-5H3,(H,26,28)/t24-/m0/s1. The second-order valence-electron chi connectivity index (χ2n) is 9.34. The Balaban J connectivity index is 1.81. The van der Waals surface area contributed by atoms with Crippen LogP contribution in [0.15, 0.2) is 53.0 Å². The Bertz CT molecular complexity index is 1010. The molecule has 29 heavy (non-hydrogen) atoms. The van der Waals surface area contributed by atoms with Crippen molar-refractivity contribution in [3.63, 3.8) is 0 Å². The van der Waals surface area contributed by atoms with Gasteiger partial charge in [0.15, 0.2) is 0 Å². The number of carbonyl (C=O) groups excluding carboxylic acids is 1. The lowest BCUT2D eigenvalue weighted by molar-refractivity contribution is -0.121. The average Bonchev–Trinajstić information content (AvgIpc) is 2.80. The SMILES string of the molecule is CC(C)(C)NC(=O)CN1c2ccccc2C(C)(C)[C@@]12C=Cc1cc(Br)ccc1O2. The predicted molar refractivity (Wildman–Crippen MR) is 121 cm³/mol. The second kappa shape index (κ2) is 6.63. The molecule has 0 fully saturated rings. The van der Waals surface area contributed by atoms with E-state index < -0.39 is 5.72 Å². The molecule has 2 aliphatic heterocycles. The molecule has 0 radical (unpaired) electrons. The Kier molecular flexibility index (Phi) is 4.57. The number of hydrogen-bond donors (Lipinski definition) is 1. The first kappa shape index (κ1) is 20.0. The Morgan fingerprint density at radius 1 is 1.17 bits per heavy atom. The fraction of sp³-hybridized carbons (Fsp3) is 0.375. The largest absolute Gasteiger partial charge is 0.463 e. The van der Waals surface area contributed by atoms with Crippen molar-refractivity contribution >= 4 is 33.6 Å². The fourth-order valence-electron chi connectivity index (χ4n) is 4.38. The summed E-state index contributed by atoms with van der Waals surface area (Å²) in [5, 5.41) is 3.09. The van der Waals surface area contributed by atoms with Crippen molar-refractivity contribution in [3.8, 4) is 5.75 Å². The number of benzene rings is 2. The lowest BCUT2D eigenvalue weighted by atomic mass is 9.76. The number of anilines is 1. The summed E-state index contributed by atoms with van der Waals surface area (Å²) in [5.74, 6) is 0.792. The Hall–Kier alpha value is -2.27. The van der Waals surface area contributed by atoms with Crippen LogP contribution in [0.2, 0.25) is 0 Å². The van der Waals surface area contributed by atoms with Gasteiger partial charge in [0.2, 0.25) is 11.6 Å². The molecule has 0 saturated carbocycles. The highest BCUT2D eigenvalue weighted by Crippen LogP contribution is 2.54. The van der Waals surface area contributed by atoms with Crippen LogP contribution in [0.5, 0.6) is 5.75 Å². The molecule has 0 bridgehead atoms. The number of halogens is 1. The maximum absolute atomic E-state index is 12.9. The molecule has 2 heterocycles. The predicted octanol–water partition coefficient (Wildman–Crippen LogP) is 5.26. The summed E-state index contributed by atoms with van der Waals surface area (Å²) in [6, 6.07) is 14.3. The van der Waals surface area contributed by atoms with Crippen molar-refractivity contribution in [2.45, 2.75) is 51.3 Å². The highest BCUT2D eigenvalue weighted by Gasteiger charge is 2.59. The van der Waals surface area contributed by atoms with E-state index in [1.807, 2.05) is 51.1 Å². The summed E-state index contributed by atoms with van der Waals surface area (Å²) in [7, 11) is 0. The number of ether oxygens (including phenoxy) is 1. The summed E-state index contributed by atoms with van der Waals surface area (Å²) < 4.78 is 7.73. The van der Waals surface area contributed by atoms with Crippen molar-refractivity contribution in [3.05, 3.63) is 64.1 Å². The van der Waals surface area contributed by atoms with Crippen molar-refractivity contribution in [1.29, 1.82) is 0 Å². The van der Waals surface area contributed by atoms with Gasteiger partial charge in [0, 0.05) is 21.3 Å². The minimum absolute atomic E-state index is 0.0250. The Morgan fingerprint density at radius 2 is 1.90 bits per heavy atom. The highest BCUT2D eigenvalue weighted by molar-refractivity contribution is 9.10. The maximum Gasteiger partial charge on any atom is 0.240 e. The molecule has 4 rings (SSSR count). The maximum atomic E-state index is 12.9. The van der Waals surface area contributed by atoms with Gasteiger partial charge in [-0.25, -0.2) is 0 Å². The highest BCUT2D eigenvalue weighted by atomic mass is 79.9. The molecule has 4 nitrogen and oxygen atoms in total. The molecule has 2 aliphatic rings. The Labute approximate surface area is 181 Å². The summed E-state index contributed by atoms with van der Waals surface area (Å²) in [6.07, 6.45) is 4.21. The number of hydrogen-bond acceptors (Lipinski definition) is 3. The van der Waals surface area contributed by atoms with E-state index in [2.05, 4.69) is 64.3 Å². The van der Waals surface area contributed by atoms with E-state index in [1.54, 1.807) is 0 Å². The van der Waals surface area contributed by atoms with Crippen LogP contribution in [0, 0.1) is 0 Å². The lowest BCUT2D eigenvalue weighted by Crippen LogP contribution is -2.61. The third-order valence-electron chi connectivity index (χ3n) is 5.71. The molecule has 0 saturated heterocycles. The number of nitrogens with one attached hydrogen (secondary N) is 1. The smallest absolute Gasteiger partial charge is 0.240 e. The molecular formula is C24H27BrN2O2. The van der Waals surface area contributed by atoms with Crippen LogP contribution in [-0.4, -0.2) is 23.7 Å². The third-order valence-corrected chi connectivity index (χ3v) is 6.20. The molecule has 1 spiro atoms. The Morgan fingerprint density at radius 3 is 2.62 bits per heavy atom. The van der Waals surface area contributed by atoms with E-state index in [9.17, 15) is 4.79 Å². The van der Waals surface area contributed by atoms with Gasteiger partial charge in [0.05, 0.1) is 5.41 Å². The molecule has 0 aliphatic carbocycles. The minimum atomic E-state index is -0.785. The summed E-state index contributed by atoms with van der Waals surface area (Å²) in [4.78, 5) is 15.0. The quantitative estimate of drug-likeness (QED) is 0.672. The number of fused-ring (bicyclic) bond motifs is 2. The van der Waals surface area contributed by atoms with E-state index in [-0.39, 0.29) is 23.4 Å². The topological polar surface area (TPSA) is 41.6 Å². The molecule has 152 valence electrons. The molecule has 0 unspecified atom stereocenters. The molecule has 1 amide bonds. The molecule has 2 aromatic carbocycles. The van der Waals surface area contributed by atoms with Crippen LogP contribution in [0.3, 0.4) is 0 Å². The number of amides is 1. The zero-order chi connectivity index (χ0) is 21.0. The van der Waals surface area contributed by atoms with Gasteiger partial charge in [-0.15, -0.1) is 0 Å². The lowest BCUT2D eigenvalue weighted by Gasteiger charge is -2.47. The number of rotatable bonds is 2. The zero-order valence-corrected chi connectivity index (χ0v) is 19.1. The fourth-order valence-corrected chi connectivity index (χ4v) is 4.76. The van der Waals surface area contributed by atoms with Crippen LogP contribution in [0.4, 0.5) is 5.69 Å².